The predicted molar refractivity (Wildman–Crippen MR) is 40.3 cm³/mol. The van der Waals surface area contributed by atoms with E-state index in [0.717, 1.165) is 13.0 Å². The molecule has 1 aliphatic rings. The third kappa shape index (κ3) is 2.35. The Bertz CT molecular complexity index is 168. The molecule has 0 radical (unpaired) electrons. The van der Waals surface area contributed by atoms with Crippen molar-refractivity contribution in [2.24, 2.45) is 5.92 Å². The Labute approximate surface area is 65.7 Å². The van der Waals surface area contributed by atoms with Crippen LogP contribution in [-0.4, -0.2) is 24.3 Å². The molecule has 1 fully saturated rings. The number of rotatable bonds is 3. The summed E-state index contributed by atoms with van der Waals surface area (Å²) in [7, 11) is 0. The lowest BCUT2D eigenvalue weighted by Crippen LogP contribution is -2.06. The van der Waals surface area contributed by atoms with Crippen molar-refractivity contribution in [3.05, 3.63) is 12.2 Å². The first-order valence-corrected chi connectivity index (χ1v) is 3.69. The van der Waals surface area contributed by atoms with E-state index in [4.69, 9.17) is 9.84 Å². The van der Waals surface area contributed by atoms with Gasteiger partial charge in [-0.3, -0.25) is 0 Å². The maximum absolute atomic E-state index is 10.3. The van der Waals surface area contributed by atoms with Gasteiger partial charge in [0.25, 0.3) is 0 Å². The largest absolute Gasteiger partial charge is 0.478 e. The van der Waals surface area contributed by atoms with Gasteiger partial charge in [0.05, 0.1) is 0 Å². The zero-order chi connectivity index (χ0) is 8.27. The topological polar surface area (TPSA) is 46.5 Å². The van der Waals surface area contributed by atoms with Crippen molar-refractivity contribution < 1.29 is 14.6 Å². The molecule has 0 aromatic rings. The van der Waals surface area contributed by atoms with Crippen LogP contribution >= 0.6 is 0 Å². The van der Waals surface area contributed by atoms with Crippen LogP contribution in [0.3, 0.4) is 0 Å². The van der Waals surface area contributed by atoms with Crippen molar-refractivity contribution >= 4 is 5.97 Å². The second kappa shape index (κ2) is 3.53. The standard InChI is InChI=1S/C8H12O3/c1-6(8(9)10)4-7-2-3-11-5-7/h7H,1-5H2,(H,9,10). The molecular weight excluding hydrogens is 144 g/mol. The summed E-state index contributed by atoms with van der Waals surface area (Å²) in [5, 5.41) is 8.50. The molecule has 1 unspecified atom stereocenters. The lowest BCUT2D eigenvalue weighted by Gasteiger charge is -2.05. The highest BCUT2D eigenvalue weighted by Gasteiger charge is 2.18. The lowest BCUT2D eigenvalue weighted by molar-refractivity contribution is -0.132. The Morgan fingerprint density at radius 1 is 1.73 bits per heavy atom. The molecule has 1 atom stereocenters. The Balaban J connectivity index is 2.29. The second-order valence-electron chi connectivity index (χ2n) is 2.84. The van der Waals surface area contributed by atoms with Crippen molar-refractivity contribution in [2.45, 2.75) is 12.8 Å². The molecule has 1 rings (SSSR count). The van der Waals surface area contributed by atoms with Crippen LogP contribution in [0.5, 0.6) is 0 Å². The summed E-state index contributed by atoms with van der Waals surface area (Å²) in [6.07, 6.45) is 1.53. The first kappa shape index (κ1) is 8.27. The van der Waals surface area contributed by atoms with Crippen LogP contribution in [0.25, 0.3) is 0 Å². The molecule has 0 aliphatic carbocycles. The molecule has 3 heteroatoms. The van der Waals surface area contributed by atoms with E-state index in [1.165, 1.54) is 0 Å². The molecule has 11 heavy (non-hydrogen) atoms. The smallest absolute Gasteiger partial charge is 0.330 e. The molecule has 1 saturated heterocycles. The lowest BCUT2D eigenvalue weighted by atomic mass is 10.00. The fraction of sp³-hybridized carbons (Fsp3) is 0.625. The van der Waals surface area contributed by atoms with E-state index >= 15 is 0 Å². The van der Waals surface area contributed by atoms with Crippen LogP contribution in [0.1, 0.15) is 12.8 Å². The highest BCUT2D eigenvalue weighted by molar-refractivity contribution is 5.85. The number of carbonyl (C=O) groups is 1. The molecule has 0 aromatic carbocycles. The molecule has 0 bridgehead atoms. The van der Waals surface area contributed by atoms with Gasteiger partial charge in [-0.2, -0.15) is 0 Å². The summed E-state index contributed by atoms with van der Waals surface area (Å²) in [6.45, 7) is 4.91. The van der Waals surface area contributed by atoms with Gasteiger partial charge in [0.1, 0.15) is 0 Å². The van der Waals surface area contributed by atoms with E-state index in [2.05, 4.69) is 6.58 Å². The number of hydrogen-bond acceptors (Lipinski definition) is 2. The summed E-state index contributed by atoms with van der Waals surface area (Å²) in [5.41, 5.74) is 0.292. The fourth-order valence-corrected chi connectivity index (χ4v) is 1.18. The highest BCUT2D eigenvalue weighted by Crippen LogP contribution is 2.19. The first-order valence-electron chi connectivity index (χ1n) is 3.69. The maximum atomic E-state index is 10.3. The van der Waals surface area contributed by atoms with E-state index in [1.54, 1.807) is 0 Å². The molecular formula is C8H12O3. The van der Waals surface area contributed by atoms with E-state index < -0.39 is 5.97 Å². The number of aliphatic carboxylic acids is 1. The number of hydrogen-bond donors (Lipinski definition) is 1. The van der Waals surface area contributed by atoms with Gasteiger partial charge in [-0.25, -0.2) is 4.79 Å². The quantitative estimate of drug-likeness (QED) is 0.621. The normalized spacial score (nSPS) is 23.5. The van der Waals surface area contributed by atoms with E-state index in [-0.39, 0.29) is 0 Å². The third-order valence-corrected chi connectivity index (χ3v) is 1.86. The zero-order valence-corrected chi connectivity index (χ0v) is 6.38. The van der Waals surface area contributed by atoms with E-state index in [9.17, 15) is 4.79 Å². The first-order chi connectivity index (χ1) is 5.20. The number of carboxylic acid groups (broad SMARTS) is 1. The van der Waals surface area contributed by atoms with Gasteiger partial charge < -0.3 is 9.84 Å². The SMILES string of the molecule is C=C(CC1CCOC1)C(=O)O. The molecule has 1 heterocycles. The van der Waals surface area contributed by atoms with Crippen LogP contribution in [0, 0.1) is 5.92 Å². The Kier molecular flexibility index (Phi) is 2.65. The molecule has 0 spiro atoms. The Morgan fingerprint density at radius 3 is 2.91 bits per heavy atom. The van der Waals surface area contributed by atoms with Crippen molar-refractivity contribution in [1.82, 2.24) is 0 Å². The van der Waals surface area contributed by atoms with Crippen LogP contribution < -0.4 is 0 Å². The Morgan fingerprint density at radius 2 is 2.45 bits per heavy atom. The molecule has 3 nitrogen and oxygen atoms in total. The molecule has 1 N–H and O–H groups in total. The van der Waals surface area contributed by atoms with Crippen LogP contribution in [0.15, 0.2) is 12.2 Å². The van der Waals surface area contributed by atoms with Gasteiger partial charge >= 0.3 is 5.97 Å². The number of carboxylic acids is 1. The van der Waals surface area contributed by atoms with Crippen LogP contribution in [0.4, 0.5) is 0 Å². The van der Waals surface area contributed by atoms with Gasteiger partial charge in [-0.05, 0) is 18.8 Å². The van der Waals surface area contributed by atoms with E-state index in [1.807, 2.05) is 0 Å². The van der Waals surface area contributed by atoms with Gasteiger partial charge in [0, 0.05) is 18.8 Å². The summed E-state index contributed by atoms with van der Waals surface area (Å²) in [6, 6.07) is 0. The van der Waals surface area contributed by atoms with Crippen LogP contribution in [0.2, 0.25) is 0 Å². The minimum absolute atomic E-state index is 0.292. The number of ether oxygens (including phenoxy) is 1. The molecule has 0 aromatic heterocycles. The van der Waals surface area contributed by atoms with Crippen molar-refractivity contribution in [2.75, 3.05) is 13.2 Å². The highest BCUT2D eigenvalue weighted by atomic mass is 16.5. The zero-order valence-electron chi connectivity index (χ0n) is 6.38. The van der Waals surface area contributed by atoms with Gasteiger partial charge in [-0.15, -0.1) is 0 Å². The van der Waals surface area contributed by atoms with Crippen molar-refractivity contribution in [1.29, 1.82) is 0 Å². The summed E-state index contributed by atoms with van der Waals surface area (Å²) in [4.78, 5) is 10.3. The van der Waals surface area contributed by atoms with Gasteiger partial charge in [0.15, 0.2) is 0 Å². The third-order valence-electron chi connectivity index (χ3n) is 1.86. The van der Waals surface area contributed by atoms with Crippen molar-refractivity contribution in [3.63, 3.8) is 0 Å². The predicted octanol–water partition coefficient (Wildman–Crippen LogP) is 1.05. The average molecular weight is 156 g/mol. The molecule has 0 amide bonds. The summed E-state index contributed by atoms with van der Waals surface area (Å²) in [5.74, 6) is -0.518. The Hall–Kier alpha value is -0.830. The van der Waals surface area contributed by atoms with E-state index in [0.29, 0.717) is 24.5 Å². The summed E-state index contributed by atoms with van der Waals surface area (Å²) >= 11 is 0. The van der Waals surface area contributed by atoms with Gasteiger partial charge in [0.2, 0.25) is 0 Å². The van der Waals surface area contributed by atoms with Crippen molar-refractivity contribution in [3.8, 4) is 0 Å². The van der Waals surface area contributed by atoms with Crippen LogP contribution in [-0.2, 0) is 9.53 Å². The minimum atomic E-state index is -0.892. The van der Waals surface area contributed by atoms with Gasteiger partial charge in [-0.1, -0.05) is 6.58 Å². The fourth-order valence-electron chi connectivity index (χ4n) is 1.18. The summed E-state index contributed by atoms with van der Waals surface area (Å²) < 4.78 is 5.10. The molecule has 0 saturated carbocycles. The average Bonchev–Trinajstić information content (AvgIpc) is 2.39. The monoisotopic (exact) mass is 156 g/mol. The minimum Gasteiger partial charge on any atom is -0.478 e. The maximum Gasteiger partial charge on any atom is 0.330 e. The molecule has 62 valence electrons. The molecule has 1 aliphatic heterocycles. The second-order valence-corrected chi connectivity index (χ2v) is 2.84.